The summed E-state index contributed by atoms with van der Waals surface area (Å²) in [6.07, 6.45) is 29.3. The van der Waals surface area contributed by atoms with Gasteiger partial charge in [-0.1, -0.05) is 5.16 Å². The van der Waals surface area contributed by atoms with Crippen LogP contribution in [0.1, 0.15) is 137 Å². The third-order valence-electron chi connectivity index (χ3n) is 20.3. The minimum atomic E-state index is -0.442. The molecule has 34 nitrogen and oxygen atoms in total. The van der Waals surface area contributed by atoms with Gasteiger partial charge in [-0.05, 0) is 151 Å². The Hall–Kier alpha value is -11.6. The average molecular weight is 1600 g/mol. The maximum Gasteiger partial charge on any atom is 0.248 e. The first kappa shape index (κ1) is 80.4. The van der Waals surface area contributed by atoms with Crippen LogP contribution in [0.15, 0.2) is 187 Å². The first-order valence-corrected chi connectivity index (χ1v) is 39.1. The minimum absolute atomic E-state index is 0.00685. The van der Waals surface area contributed by atoms with Gasteiger partial charge in [0.2, 0.25) is 41.3 Å². The lowest BCUT2D eigenvalue weighted by molar-refractivity contribution is -0.135. The fraction of sp³-hybridized carbons (Fsp3) is 0.385. The first-order chi connectivity index (χ1) is 55.8. The fourth-order valence-electron chi connectivity index (χ4n) is 14.4. The lowest BCUT2D eigenvalue weighted by Crippen LogP contribution is -2.38. The molecule has 0 bridgehead atoms. The van der Waals surface area contributed by atoms with Crippen molar-refractivity contribution < 1.29 is 68.6 Å². The highest BCUT2D eigenvalue weighted by atomic mass is 32.1. The van der Waals surface area contributed by atoms with Crippen molar-refractivity contribution in [3.8, 4) is 0 Å². The van der Waals surface area contributed by atoms with E-state index in [1.54, 1.807) is 171 Å². The molecule has 0 fully saturated rings. The van der Waals surface area contributed by atoms with E-state index in [2.05, 4.69) is 67.0 Å². The molecule has 12 aromatic heterocycles. The molecule has 0 radical (unpaired) electrons. The Labute approximate surface area is 663 Å². The number of carbonyl (C=O) groups is 6. The van der Waals surface area contributed by atoms with E-state index in [4.69, 9.17) is 39.9 Å². The largest absolute Gasteiger partial charge is 0.467 e. The SMILES string of the molecule is CNC1C(=O)N(Cc2ccno2)CCc2ccoc21.CNC1C(=O)N(Cc2cnco2)CCc2ccoc21.CNC1C(=O)N(Cc2cncs2)CCc2ccoc21.CNC1C(=O)N(Cc2ncc[nH]2)CCc2ccoc21.CNC1C(=O)N(Cc2ncco2)CCc2ccoc21.CNC1C(=O)N(Cc2nccs2)CCc2ccoc21. The molecule has 114 heavy (non-hydrogen) atoms. The number of amides is 6. The fourth-order valence-corrected chi connectivity index (χ4v) is 15.6. The second kappa shape index (κ2) is 38.7. The van der Waals surface area contributed by atoms with Crippen molar-refractivity contribution in [3.05, 3.63) is 248 Å². The summed E-state index contributed by atoms with van der Waals surface area (Å²) >= 11 is 3.14. The third kappa shape index (κ3) is 19.0. The van der Waals surface area contributed by atoms with Gasteiger partial charge >= 0.3 is 0 Å². The lowest BCUT2D eigenvalue weighted by Gasteiger charge is -2.23. The smallest absolute Gasteiger partial charge is 0.248 e. The number of nitrogens with zero attached hydrogens (tertiary/aromatic N) is 12. The second-order valence-electron chi connectivity index (χ2n) is 27.1. The monoisotopic (exact) mass is 1600 g/mol. The molecular formula is C78H91N19O15S2. The number of fused-ring (bicyclic) bond motifs is 6. The predicted octanol–water partition coefficient (Wildman–Crippen LogP) is 7.35. The minimum Gasteiger partial charge on any atom is -0.467 e. The zero-order valence-electron chi connectivity index (χ0n) is 63.9. The molecule has 18 heterocycles. The number of likely N-dealkylation sites (N-methyl/N-ethyl adjacent to an activating group) is 6. The van der Waals surface area contributed by atoms with Gasteiger partial charge < -0.3 is 106 Å². The molecule has 6 aliphatic heterocycles. The zero-order valence-corrected chi connectivity index (χ0v) is 65.5. The van der Waals surface area contributed by atoms with E-state index in [9.17, 15) is 28.8 Å². The van der Waals surface area contributed by atoms with Crippen molar-refractivity contribution in [2.24, 2.45) is 0 Å². The lowest BCUT2D eigenvalue weighted by atomic mass is 10.1. The van der Waals surface area contributed by atoms with E-state index >= 15 is 0 Å². The van der Waals surface area contributed by atoms with E-state index in [0.717, 1.165) is 105 Å². The highest BCUT2D eigenvalue weighted by Crippen LogP contribution is 2.33. The molecule has 6 amide bonds. The molecule has 6 aliphatic rings. The normalized spacial score (nSPS) is 19.3. The van der Waals surface area contributed by atoms with Gasteiger partial charge in [-0.2, -0.15) is 0 Å². The molecule has 7 N–H and O–H groups in total. The van der Waals surface area contributed by atoms with Crippen LogP contribution >= 0.6 is 22.7 Å². The van der Waals surface area contributed by atoms with E-state index < -0.39 is 30.2 Å². The standard InChI is InChI=1S/C13H16N4O2.3C13H15N3O3.2C13H15N3O2S/c1-14-11-12-9(3-7-19-12)2-6-17(13(11)18)8-10-15-4-5-16-10;1-14-11-12-9(4-7-18-12)3-6-16(13(11)17)8-10-2-5-15-19-10;1-14-11-12-9(3-6-19-12)2-5-16(13(11)17)8-10-15-4-7-18-10;1-14-11-12-9(3-5-18-12)2-4-16(13(11)17)7-10-6-15-8-19-10;1-14-11-12-9(3-6-18-12)2-5-16(13(11)17)8-10-15-4-7-19-10;1-14-11-12-9(3-5-18-12)2-4-16(13(11)17)7-10-6-15-8-19-10/h3-5,7,11,14H,2,6,8H2,1H3,(H,15,16);2,4-5,7,11,14H,3,6,8H2,1H3;3-4,6-7,11,14H,2,5,8H2,1H3;3,5-6,8,11,14H,2,4,7H2,1H3;3-4,6-7,11,14H,2,5,8H2,1H3;3,5-6,8,11,14H,2,4,7H2,1H3. The summed E-state index contributed by atoms with van der Waals surface area (Å²) in [7, 11) is 10.6. The van der Waals surface area contributed by atoms with Crippen molar-refractivity contribution in [1.29, 1.82) is 0 Å². The van der Waals surface area contributed by atoms with Gasteiger partial charge in [-0.15, -0.1) is 22.7 Å². The number of imidazole rings is 1. The van der Waals surface area contributed by atoms with E-state index in [1.807, 2.05) is 57.8 Å². The summed E-state index contributed by atoms with van der Waals surface area (Å²) in [5.74, 6) is 7.16. The van der Waals surface area contributed by atoms with Gasteiger partial charge in [0, 0.05) is 80.4 Å². The van der Waals surface area contributed by atoms with Crippen LogP contribution in [0.25, 0.3) is 0 Å². The number of nitrogens with one attached hydrogen (secondary N) is 7. The van der Waals surface area contributed by atoms with Gasteiger partial charge in [-0.3, -0.25) is 33.8 Å². The third-order valence-corrected chi connectivity index (χ3v) is 21.8. The number of H-pyrrole nitrogens is 1. The van der Waals surface area contributed by atoms with Gasteiger partial charge in [0.25, 0.3) is 0 Å². The summed E-state index contributed by atoms with van der Waals surface area (Å²) in [6, 6.07) is 10.8. The number of aromatic amines is 1. The second-order valence-corrected chi connectivity index (χ2v) is 29.0. The summed E-state index contributed by atoms with van der Waals surface area (Å²) in [5, 5.41) is 24.7. The van der Waals surface area contributed by atoms with Crippen LogP contribution < -0.4 is 31.9 Å². The van der Waals surface area contributed by atoms with Gasteiger partial charge in [0.15, 0.2) is 12.2 Å². The summed E-state index contributed by atoms with van der Waals surface area (Å²) in [6.45, 7) is 6.92. The predicted molar refractivity (Wildman–Crippen MR) is 410 cm³/mol. The number of carbonyl (C=O) groups excluding carboxylic acids is 6. The summed E-state index contributed by atoms with van der Waals surface area (Å²) < 4.78 is 48.2. The number of hydrogen-bond acceptors (Lipinski definition) is 29. The zero-order chi connectivity index (χ0) is 79.5. The van der Waals surface area contributed by atoms with Crippen LogP contribution in [0.2, 0.25) is 0 Å². The van der Waals surface area contributed by atoms with Crippen molar-refractivity contribution >= 4 is 58.1 Å². The number of aromatic nitrogens is 7. The van der Waals surface area contributed by atoms with Crippen molar-refractivity contribution in [2.75, 3.05) is 81.6 Å². The van der Waals surface area contributed by atoms with Crippen LogP contribution in [0, 0.1) is 0 Å². The quantitative estimate of drug-likeness (QED) is 0.0441. The van der Waals surface area contributed by atoms with Crippen LogP contribution in [0.5, 0.6) is 0 Å². The molecule has 6 unspecified atom stereocenters. The Morgan fingerprint density at radius 3 is 1.12 bits per heavy atom. The maximum atomic E-state index is 12.6. The van der Waals surface area contributed by atoms with Crippen LogP contribution in [-0.2, 0) is 107 Å². The van der Waals surface area contributed by atoms with Crippen LogP contribution in [0.4, 0.5) is 0 Å². The molecule has 6 atom stereocenters. The molecule has 36 heteroatoms. The summed E-state index contributed by atoms with van der Waals surface area (Å²) in [5.41, 5.74) is 8.32. The van der Waals surface area contributed by atoms with Gasteiger partial charge in [0.1, 0.15) is 93.7 Å². The molecule has 0 spiro atoms. The number of rotatable bonds is 18. The maximum absolute atomic E-state index is 12.6. The Bertz CT molecular complexity index is 4170. The molecule has 0 saturated heterocycles. The van der Waals surface area contributed by atoms with Crippen molar-refractivity contribution in [3.63, 3.8) is 0 Å². The van der Waals surface area contributed by atoms with E-state index in [0.29, 0.717) is 113 Å². The van der Waals surface area contributed by atoms with Gasteiger partial charge in [0.05, 0.1) is 101 Å². The Morgan fingerprint density at radius 2 is 0.789 bits per heavy atom. The summed E-state index contributed by atoms with van der Waals surface area (Å²) in [4.78, 5) is 110. The molecule has 600 valence electrons. The Morgan fingerprint density at radius 1 is 0.386 bits per heavy atom. The van der Waals surface area contributed by atoms with Gasteiger partial charge in [-0.25, -0.2) is 19.9 Å². The molecule has 0 aromatic carbocycles. The topological polar surface area (TPSA) is 405 Å². The van der Waals surface area contributed by atoms with Crippen LogP contribution in [0.3, 0.4) is 0 Å². The number of hydrogen-bond donors (Lipinski definition) is 7. The van der Waals surface area contributed by atoms with E-state index in [1.165, 1.54) is 12.7 Å². The number of oxazole rings is 2. The molecular weight excluding hydrogens is 1510 g/mol. The molecule has 12 aromatic rings. The Kier molecular flexibility index (Phi) is 27.3. The first-order valence-electron chi connectivity index (χ1n) is 37.3. The average Bonchev–Trinajstić information content (AvgIpc) is 1.70. The van der Waals surface area contributed by atoms with Crippen LogP contribution in [-0.4, -0.2) is 181 Å². The highest BCUT2D eigenvalue weighted by molar-refractivity contribution is 7.09. The van der Waals surface area contributed by atoms with Crippen molar-refractivity contribution in [1.82, 2.24) is 96.4 Å². The Balaban J connectivity index is 0.000000119. The number of furan rings is 6. The van der Waals surface area contributed by atoms with Crippen molar-refractivity contribution in [2.45, 2.75) is 114 Å². The highest BCUT2D eigenvalue weighted by Gasteiger charge is 2.39. The number of thiazole rings is 2. The van der Waals surface area contributed by atoms with E-state index in [-0.39, 0.29) is 41.5 Å². The molecule has 18 rings (SSSR count). The molecule has 0 saturated carbocycles. The molecule has 0 aliphatic carbocycles.